The summed E-state index contributed by atoms with van der Waals surface area (Å²) in [6.45, 7) is 1.91. The van der Waals surface area contributed by atoms with Crippen LogP contribution in [0, 0.1) is 12.7 Å². The summed E-state index contributed by atoms with van der Waals surface area (Å²) in [5.74, 6) is -0.967. The number of nitrogens with zero attached hydrogens (tertiary/aromatic N) is 4. The highest BCUT2D eigenvalue weighted by molar-refractivity contribution is 7.15. The summed E-state index contributed by atoms with van der Waals surface area (Å²) in [6, 6.07) is 13.1. The van der Waals surface area contributed by atoms with Crippen LogP contribution < -0.4 is 5.32 Å². The Balaban J connectivity index is 1.74. The summed E-state index contributed by atoms with van der Waals surface area (Å²) in [6.07, 6.45) is -1.27. The molecule has 0 spiro atoms. The molecule has 0 saturated heterocycles. The van der Waals surface area contributed by atoms with Crippen LogP contribution in [0.1, 0.15) is 27.4 Å². The van der Waals surface area contributed by atoms with E-state index in [9.17, 15) is 18.0 Å². The van der Waals surface area contributed by atoms with E-state index in [0.717, 1.165) is 5.56 Å². The molecule has 1 amide bonds. The van der Waals surface area contributed by atoms with Gasteiger partial charge in [0.1, 0.15) is 11.5 Å². The molecule has 4 aromatic rings. The van der Waals surface area contributed by atoms with E-state index in [1.165, 1.54) is 35.1 Å². The van der Waals surface area contributed by atoms with Crippen molar-refractivity contribution in [2.75, 3.05) is 5.32 Å². The molecule has 2 aromatic carbocycles. The number of hydrogen-bond acceptors (Lipinski definition) is 5. The van der Waals surface area contributed by atoms with Crippen LogP contribution >= 0.6 is 11.3 Å². The number of amides is 1. The third-order valence-corrected chi connectivity index (χ3v) is 5.04. The van der Waals surface area contributed by atoms with Crippen molar-refractivity contribution in [2.24, 2.45) is 0 Å². The molecule has 0 saturated carbocycles. The number of halogens is 3. The molecule has 0 unspecified atom stereocenters. The number of hydrogen-bond donors (Lipinski definition) is 1. The van der Waals surface area contributed by atoms with Crippen molar-refractivity contribution in [3.63, 3.8) is 0 Å². The van der Waals surface area contributed by atoms with Gasteiger partial charge >= 0.3 is 0 Å². The number of anilines is 1. The molecule has 0 bridgehead atoms. The Bertz CT molecular complexity index is 1200. The lowest BCUT2D eigenvalue weighted by Gasteiger charge is -2.03. The van der Waals surface area contributed by atoms with E-state index in [2.05, 4.69) is 20.6 Å². The van der Waals surface area contributed by atoms with E-state index in [1.54, 1.807) is 6.07 Å². The van der Waals surface area contributed by atoms with Gasteiger partial charge in [-0.15, -0.1) is 10.2 Å². The average Bonchev–Trinajstić information content (AvgIpc) is 3.36. The summed E-state index contributed by atoms with van der Waals surface area (Å²) >= 11 is 0.600. The number of aromatic nitrogens is 4. The second-order valence-electron chi connectivity index (χ2n) is 6.38. The summed E-state index contributed by atoms with van der Waals surface area (Å²) in [4.78, 5) is 12.9. The SMILES string of the molecule is Cc1cccc(-c2nn(-c3ccc(F)cc3)cc2C(=O)Nc2nnc(C(F)F)s2)c1. The van der Waals surface area contributed by atoms with E-state index < -0.39 is 23.2 Å². The van der Waals surface area contributed by atoms with Crippen LogP contribution in [0.2, 0.25) is 0 Å². The topological polar surface area (TPSA) is 72.7 Å². The number of rotatable bonds is 5. The van der Waals surface area contributed by atoms with Gasteiger partial charge in [0.15, 0.2) is 5.01 Å². The Kier molecular flexibility index (Phi) is 5.32. The van der Waals surface area contributed by atoms with Gasteiger partial charge in [-0.2, -0.15) is 5.10 Å². The molecule has 0 aliphatic heterocycles. The lowest BCUT2D eigenvalue weighted by atomic mass is 10.1. The fourth-order valence-electron chi connectivity index (χ4n) is 2.81. The average molecular weight is 429 g/mol. The normalized spacial score (nSPS) is 11.1. The quantitative estimate of drug-likeness (QED) is 0.483. The summed E-state index contributed by atoms with van der Waals surface area (Å²) in [7, 11) is 0. The predicted molar refractivity (Wildman–Crippen MR) is 107 cm³/mol. The second kappa shape index (κ2) is 8.07. The van der Waals surface area contributed by atoms with Crippen molar-refractivity contribution in [1.29, 1.82) is 0 Å². The molecule has 0 aliphatic carbocycles. The Labute approximate surface area is 173 Å². The minimum atomic E-state index is -2.77. The van der Waals surface area contributed by atoms with Crippen molar-refractivity contribution in [1.82, 2.24) is 20.0 Å². The van der Waals surface area contributed by atoms with E-state index in [0.29, 0.717) is 28.3 Å². The number of carbonyl (C=O) groups excluding carboxylic acids is 1. The van der Waals surface area contributed by atoms with Crippen LogP contribution in [0.15, 0.2) is 54.7 Å². The number of benzene rings is 2. The monoisotopic (exact) mass is 429 g/mol. The van der Waals surface area contributed by atoms with E-state index in [-0.39, 0.29) is 10.7 Å². The molecule has 4 rings (SSSR count). The molecule has 152 valence electrons. The Morgan fingerprint density at radius 2 is 1.90 bits per heavy atom. The lowest BCUT2D eigenvalue weighted by Crippen LogP contribution is -2.12. The summed E-state index contributed by atoms with van der Waals surface area (Å²) in [5.41, 5.74) is 2.82. The first-order valence-corrected chi connectivity index (χ1v) is 9.58. The smallest absolute Gasteiger partial charge is 0.291 e. The molecule has 6 nitrogen and oxygen atoms in total. The van der Waals surface area contributed by atoms with Gasteiger partial charge in [0, 0.05) is 11.8 Å². The van der Waals surface area contributed by atoms with Crippen molar-refractivity contribution in [2.45, 2.75) is 13.3 Å². The van der Waals surface area contributed by atoms with E-state index >= 15 is 0 Å². The maximum Gasteiger partial charge on any atom is 0.291 e. The van der Waals surface area contributed by atoms with Crippen molar-refractivity contribution in [3.8, 4) is 16.9 Å². The van der Waals surface area contributed by atoms with Crippen molar-refractivity contribution >= 4 is 22.4 Å². The van der Waals surface area contributed by atoms with Crippen molar-refractivity contribution < 1.29 is 18.0 Å². The van der Waals surface area contributed by atoms with Crippen molar-refractivity contribution in [3.05, 3.63) is 76.7 Å². The molecule has 1 N–H and O–H groups in total. The molecule has 0 atom stereocenters. The van der Waals surface area contributed by atoms with Gasteiger partial charge in [0.2, 0.25) is 5.13 Å². The first kappa shape index (κ1) is 19.8. The van der Waals surface area contributed by atoms with Crippen LogP contribution in [0.5, 0.6) is 0 Å². The fraction of sp³-hybridized carbons (Fsp3) is 0.100. The molecule has 10 heteroatoms. The number of alkyl halides is 2. The van der Waals surface area contributed by atoms with Gasteiger partial charge < -0.3 is 0 Å². The second-order valence-corrected chi connectivity index (χ2v) is 7.39. The highest BCUT2D eigenvalue weighted by atomic mass is 32.1. The van der Waals surface area contributed by atoms with Gasteiger partial charge in [-0.05, 0) is 37.3 Å². The Morgan fingerprint density at radius 3 is 2.57 bits per heavy atom. The fourth-order valence-corrected chi connectivity index (χ4v) is 3.40. The zero-order valence-corrected chi connectivity index (χ0v) is 16.3. The third kappa shape index (κ3) is 4.08. The van der Waals surface area contributed by atoms with Crippen LogP contribution in [-0.4, -0.2) is 25.9 Å². The molecular formula is C20H14F3N5OS. The van der Waals surface area contributed by atoms with Gasteiger partial charge in [0.25, 0.3) is 12.3 Å². The van der Waals surface area contributed by atoms with E-state index in [1.807, 2.05) is 25.1 Å². The molecule has 2 aromatic heterocycles. The summed E-state index contributed by atoms with van der Waals surface area (Å²) < 4.78 is 40.2. The zero-order chi connectivity index (χ0) is 21.3. The largest absolute Gasteiger partial charge is 0.296 e. The minimum absolute atomic E-state index is 0.0416. The predicted octanol–water partition coefficient (Wildman–Crippen LogP) is 5.03. The van der Waals surface area contributed by atoms with E-state index in [4.69, 9.17) is 0 Å². The minimum Gasteiger partial charge on any atom is -0.296 e. The first-order valence-electron chi connectivity index (χ1n) is 8.76. The molecule has 0 radical (unpaired) electrons. The van der Waals surface area contributed by atoms with Gasteiger partial charge in [-0.1, -0.05) is 35.1 Å². The zero-order valence-electron chi connectivity index (χ0n) is 15.5. The first-order chi connectivity index (χ1) is 14.4. The van der Waals surface area contributed by atoms with Crippen LogP contribution in [0.3, 0.4) is 0 Å². The van der Waals surface area contributed by atoms with Gasteiger partial charge in [0.05, 0.1) is 11.3 Å². The van der Waals surface area contributed by atoms with Gasteiger partial charge in [-0.25, -0.2) is 17.9 Å². The van der Waals surface area contributed by atoms with Crippen LogP contribution in [0.25, 0.3) is 16.9 Å². The summed E-state index contributed by atoms with van der Waals surface area (Å²) in [5, 5.41) is 13.4. The Hall–Kier alpha value is -3.53. The maximum absolute atomic E-state index is 13.3. The number of aryl methyl sites for hydroxylation is 1. The molecule has 0 fully saturated rings. The molecule has 2 heterocycles. The van der Waals surface area contributed by atoms with Crippen LogP contribution in [-0.2, 0) is 0 Å². The lowest BCUT2D eigenvalue weighted by molar-refractivity contribution is 0.102. The number of carbonyl (C=O) groups is 1. The standard InChI is InChI=1S/C20H14F3N5OS/c1-11-3-2-4-12(9-11)16-15(10-28(27-16)14-7-5-13(21)6-8-14)18(29)24-20-26-25-19(30-20)17(22)23/h2-10,17H,1H3,(H,24,26,29). The molecule has 0 aliphatic rings. The third-order valence-electron chi connectivity index (χ3n) is 4.19. The highest BCUT2D eigenvalue weighted by Crippen LogP contribution is 2.28. The maximum atomic E-state index is 13.3. The number of nitrogens with one attached hydrogen (secondary N) is 1. The highest BCUT2D eigenvalue weighted by Gasteiger charge is 2.21. The molecule has 30 heavy (non-hydrogen) atoms. The Morgan fingerprint density at radius 1 is 1.13 bits per heavy atom. The molecular weight excluding hydrogens is 415 g/mol. The van der Waals surface area contributed by atoms with Crippen LogP contribution in [0.4, 0.5) is 18.3 Å². The van der Waals surface area contributed by atoms with Gasteiger partial charge in [-0.3, -0.25) is 10.1 Å².